The molecule has 16 heavy (non-hydrogen) atoms. The van der Waals surface area contributed by atoms with Gasteiger partial charge in [-0.1, -0.05) is 0 Å². The van der Waals surface area contributed by atoms with E-state index >= 15 is 0 Å². The van der Waals surface area contributed by atoms with Gasteiger partial charge in [-0.25, -0.2) is 4.98 Å². The van der Waals surface area contributed by atoms with E-state index in [9.17, 15) is 0 Å². The molecule has 0 bridgehead atoms. The number of aryl methyl sites for hydroxylation is 1. The van der Waals surface area contributed by atoms with Crippen LogP contribution in [-0.4, -0.2) is 26.9 Å². The van der Waals surface area contributed by atoms with Crippen molar-refractivity contribution in [2.75, 3.05) is 7.11 Å². The normalized spacial score (nSPS) is 10.4. The Kier molecular flexibility index (Phi) is 3.05. The Bertz CT molecular complexity index is 478. The smallest absolute Gasteiger partial charge is 0.225 e. The molecule has 2 heterocycles. The number of ether oxygens (including phenoxy) is 1. The number of nitrogens with zero attached hydrogens (tertiary/aromatic N) is 4. The molecule has 2 rings (SSSR count). The van der Waals surface area contributed by atoms with Crippen LogP contribution in [0.3, 0.4) is 0 Å². The van der Waals surface area contributed by atoms with E-state index in [-0.39, 0.29) is 0 Å². The molecule has 0 fully saturated rings. The second-order valence-electron chi connectivity index (χ2n) is 3.31. The van der Waals surface area contributed by atoms with Gasteiger partial charge in [-0.3, -0.25) is 4.57 Å². The van der Waals surface area contributed by atoms with E-state index in [0.29, 0.717) is 17.7 Å². The average molecular weight is 239 g/mol. The first kappa shape index (κ1) is 10.9. The van der Waals surface area contributed by atoms with Gasteiger partial charge in [0.05, 0.1) is 13.7 Å². The van der Waals surface area contributed by atoms with E-state index in [0.717, 1.165) is 11.4 Å². The van der Waals surface area contributed by atoms with Gasteiger partial charge < -0.3 is 4.74 Å². The van der Waals surface area contributed by atoms with Crippen molar-refractivity contribution in [1.82, 2.24) is 19.7 Å². The highest BCUT2D eigenvalue weighted by atomic mass is 35.5. The molecule has 84 valence electrons. The molecule has 0 saturated carbocycles. The quantitative estimate of drug-likeness (QED) is 0.817. The largest absolute Gasteiger partial charge is 0.481 e. The molecule has 0 aliphatic carbocycles. The van der Waals surface area contributed by atoms with Gasteiger partial charge in [0, 0.05) is 12.3 Å². The van der Waals surface area contributed by atoms with Gasteiger partial charge in [0.15, 0.2) is 0 Å². The number of halogens is 1. The maximum Gasteiger partial charge on any atom is 0.225 e. The van der Waals surface area contributed by atoms with E-state index < -0.39 is 0 Å². The van der Waals surface area contributed by atoms with Gasteiger partial charge in [-0.15, -0.1) is 10.2 Å². The summed E-state index contributed by atoms with van der Waals surface area (Å²) in [5, 5.41) is 8.06. The monoisotopic (exact) mass is 238 g/mol. The summed E-state index contributed by atoms with van der Waals surface area (Å²) in [5.41, 5.74) is 1.04. The molecule has 5 nitrogen and oxygen atoms in total. The Labute approximate surface area is 98.0 Å². The van der Waals surface area contributed by atoms with Crippen molar-refractivity contribution in [1.29, 1.82) is 0 Å². The summed E-state index contributed by atoms with van der Waals surface area (Å²) >= 11 is 5.91. The van der Waals surface area contributed by atoms with E-state index in [1.165, 1.54) is 0 Å². The third kappa shape index (κ3) is 2.14. The minimum absolute atomic E-state index is 0.383. The minimum atomic E-state index is 0.383. The first-order valence-electron chi connectivity index (χ1n) is 4.75. The fraction of sp³-hybridized carbons (Fsp3) is 0.300. The van der Waals surface area contributed by atoms with Crippen LogP contribution in [0.4, 0.5) is 0 Å². The van der Waals surface area contributed by atoms with Crippen LogP contribution in [-0.2, 0) is 6.54 Å². The molecule has 0 N–H and O–H groups in total. The molecule has 0 atom stereocenters. The Morgan fingerprint density at radius 1 is 1.44 bits per heavy atom. The SMILES string of the molecule is COc1cc(Cn2c(C)nnc2Cl)ccn1. The molecule has 0 aliphatic rings. The van der Waals surface area contributed by atoms with Crippen LogP contribution in [0.2, 0.25) is 5.28 Å². The van der Waals surface area contributed by atoms with Gasteiger partial charge in [-0.05, 0) is 30.2 Å². The van der Waals surface area contributed by atoms with Gasteiger partial charge in [-0.2, -0.15) is 0 Å². The van der Waals surface area contributed by atoms with Crippen molar-refractivity contribution in [2.24, 2.45) is 0 Å². The number of hydrogen-bond donors (Lipinski definition) is 0. The molecular weight excluding hydrogens is 228 g/mol. The maximum atomic E-state index is 5.91. The van der Waals surface area contributed by atoms with Crippen molar-refractivity contribution in [3.8, 4) is 5.88 Å². The first-order chi connectivity index (χ1) is 7.70. The Morgan fingerprint density at radius 2 is 2.25 bits per heavy atom. The molecule has 6 heteroatoms. The third-order valence-electron chi connectivity index (χ3n) is 2.24. The summed E-state index contributed by atoms with van der Waals surface area (Å²) in [6.07, 6.45) is 1.70. The van der Waals surface area contributed by atoms with Crippen LogP contribution in [0.1, 0.15) is 11.4 Å². The highest BCUT2D eigenvalue weighted by Gasteiger charge is 2.07. The summed E-state index contributed by atoms with van der Waals surface area (Å²) in [5.74, 6) is 1.36. The molecular formula is C10H11ClN4O. The van der Waals surface area contributed by atoms with Crippen LogP contribution in [0.5, 0.6) is 5.88 Å². The van der Waals surface area contributed by atoms with E-state index in [1.807, 2.05) is 23.6 Å². The molecule has 2 aromatic heterocycles. The van der Waals surface area contributed by atoms with E-state index in [1.54, 1.807) is 13.3 Å². The standard InChI is InChI=1S/C10H11ClN4O/c1-7-13-14-10(11)15(7)6-8-3-4-12-9(5-8)16-2/h3-5H,6H2,1-2H3. The summed E-state index contributed by atoms with van der Waals surface area (Å²) in [7, 11) is 1.59. The summed E-state index contributed by atoms with van der Waals surface area (Å²) in [6.45, 7) is 2.47. The van der Waals surface area contributed by atoms with Crippen LogP contribution in [0, 0.1) is 6.92 Å². The number of pyridine rings is 1. The van der Waals surface area contributed by atoms with Crippen LogP contribution < -0.4 is 4.74 Å². The van der Waals surface area contributed by atoms with Crippen LogP contribution in [0.25, 0.3) is 0 Å². The minimum Gasteiger partial charge on any atom is -0.481 e. The molecule has 0 saturated heterocycles. The van der Waals surface area contributed by atoms with Crippen molar-refractivity contribution in [3.05, 3.63) is 35.0 Å². The second kappa shape index (κ2) is 4.49. The average Bonchev–Trinajstić information content (AvgIpc) is 2.61. The second-order valence-corrected chi connectivity index (χ2v) is 3.65. The maximum absolute atomic E-state index is 5.91. The summed E-state index contributed by atoms with van der Waals surface area (Å²) in [4.78, 5) is 4.04. The lowest BCUT2D eigenvalue weighted by molar-refractivity contribution is 0.397. The van der Waals surface area contributed by atoms with Crippen LogP contribution in [0.15, 0.2) is 18.3 Å². The predicted molar refractivity (Wildman–Crippen MR) is 59.7 cm³/mol. The van der Waals surface area contributed by atoms with Gasteiger partial charge in [0.2, 0.25) is 11.2 Å². The molecule has 0 radical (unpaired) electrons. The van der Waals surface area contributed by atoms with Crippen molar-refractivity contribution < 1.29 is 4.74 Å². The molecule has 0 amide bonds. The molecule has 0 unspecified atom stereocenters. The molecule has 0 aromatic carbocycles. The molecule has 0 aliphatic heterocycles. The topological polar surface area (TPSA) is 52.8 Å². The lowest BCUT2D eigenvalue weighted by atomic mass is 10.2. The van der Waals surface area contributed by atoms with Gasteiger partial charge in [0.1, 0.15) is 5.82 Å². The summed E-state index contributed by atoms with van der Waals surface area (Å²) in [6, 6.07) is 3.76. The molecule has 2 aromatic rings. The number of aromatic nitrogens is 4. The fourth-order valence-electron chi connectivity index (χ4n) is 1.38. The van der Waals surface area contributed by atoms with Crippen molar-refractivity contribution in [2.45, 2.75) is 13.5 Å². The molecule has 0 spiro atoms. The Morgan fingerprint density at radius 3 is 2.88 bits per heavy atom. The zero-order chi connectivity index (χ0) is 11.5. The van der Waals surface area contributed by atoms with Gasteiger partial charge in [0.25, 0.3) is 0 Å². The lowest BCUT2D eigenvalue weighted by Crippen LogP contribution is -2.03. The lowest BCUT2D eigenvalue weighted by Gasteiger charge is -2.06. The Hall–Kier alpha value is -1.62. The number of methoxy groups -OCH3 is 1. The van der Waals surface area contributed by atoms with Crippen molar-refractivity contribution >= 4 is 11.6 Å². The highest BCUT2D eigenvalue weighted by Crippen LogP contribution is 2.14. The zero-order valence-electron chi connectivity index (χ0n) is 9.01. The number of hydrogen-bond acceptors (Lipinski definition) is 4. The zero-order valence-corrected chi connectivity index (χ0v) is 9.77. The van der Waals surface area contributed by atoms with E-state index in [2.05, 4.69) is 15.2 Å². The van der Waals surface area contributed by atoms with Crippen LogP contribution >= 0.6 is 11.6 Å². The Balaban J connectivity index is 2.27. The van der Waals surface area contributed by atoms with Crippen molar-refractivity contribution in [3.63, 3.8) is 0 Å². The summed E-state index contributed by atoms with van der Waals surface area (Å²) < 4.78 is 6.87. The first-order valence-corrected chi connectivity index (χ1v) is 5.12. The van der Waals surface area contributed by atoms with E-state index in [4.69, 9.17) is 16.3 Å². The fourth-order valence-corrected chi connectivity index (χ4v) is 1.60. The van der Waals surface area contributed by atoms with Gasteiger partial charge >= 0.3 is 0 Å². The highest BCUT2D eigenvalue weighted by molar-refractivity contribution is 6.28. The predicted octanol–water partition coefficient (Wildman–Crippen LogP) is 1.69. The third-order valence-corrected chi connectivity index (χ3v) is 2.52. The number of rotatable bonds is 3.